The molecular weight excluding hydrogens is 324 g/mol. The zero-order chi connectivity index (χ0) is 18.5. The van der Waals surface area contributed by atoms with E-state index in [1.807, 2.05) is 67.3 Å². The summed E-state index contributed by atoms with van der Waals surface area (Å²) in [5.74, 6) is 0.156. The average Bonchev–Trinajstić information content (AvgIpc) is 2.68. The number of hydrogen-bond donors (Lipinski definition) is 1. The van der Waals surface area contributed by atoms with Crippen LogP contribution in [0.5, 0.6) is 0 Å². The van der Waals surface area contributed by atoms with Gasteiger partial charge in [-0.3, -0.25) is 9.59 Å². The molecule has 0 aliphatic carbocycles. The second kappa shape index (κ2) is 8.17. The van der Waals surface area contributed by atoms with Gasteiger partial charge in [0.2, 0.25) is 5.91 Å². The largest absolute Gasteiger partial charge is 0.352 e. The van der Waals surface area contributed by atoms with Gasteiger partial charge in [-0.05, 0) is 49.4 Å². The molecule has 0 bridgehead atoms. The molecular formula is C22H26N2O2. The number of nitrogens with one attached hydrogen (secondary N) is 1. The number of piperidine rings is 1. The number of carbonyl (C=O) groups excluding carboxylic acids is 2. The molecule has 4 nitrogen and oxygen atoms in total. The lowest BCUT2D eigenvalue weighted by atomic mass is 9.94. The van der Waals surface area contributed by atoms with Crippen molar-refractivity contribution in [2.24, 2.45) is 5.92 Å². The molecule has 4 heteroatoms. The lowest BCUT2D eigenvalue weighted by molar-refractivity contribution is -0.126. The number of hydrogen-bond acceptors (Lipinski definition) is 2. The molecule has 2 aromatic rings. The Hall–Kier alpha value is -2.62. The Balaban J connectivity index is 1.53. The second-order valence-electron chi connectivity index (χ2n) is 7.02. The van der Waals surface area contributed by atoms with Crippen molar-refractivity contribution < 1.29 is 9.59 Å². The lowest BCUT2D eigenvalue weighted by Crippen LogP contribution is -2.43. The quantitative estimate of drug-likeness (QED) is 0.918. The van der Waals surface area contributed by atoms with Gasteiger partial charge in [0.05, 0.1) is 0 Å². The highest BCUT2D eigenvalue weighted by atomic mass is 16.2. The fraction of sp³-hybridized carbons (Fsp3) is 0.364. The van der Waals surface area contributed by atoms with Crippen molar-refractivity contribution >= 4 is 11.8 Å². The molecule has 0 atom stereocenters. The smallest absolute Gasteiger partial charge is 0.254 e. The van der Waals surface area contributed by atoms with E-state index in [0.29, 0.717) is 19.6 Å². The van der Waals surface area contributed by atoms with Crippen molar-refractivity contribution in [3.8, 4) is 0 Å². The van der Waals surface area contributed by atoms with Crippen molar-refractivity contribution in [3.63, 3.8) is 0 Å². The van der Waals surface area contributed by atoms with Gasteiger partial charge in [-0.2, -0.15) is 0 Å². The summed E-state index contributed by atoms with van der Waals surface area (Å²) in [7, 11) is 0. The molecule has 1 heterocycles. The van der Waals surface area contributed by atoms with Crippen molar-refractivity contribution in [3.05, 3.63) is 70.8 Å². The molecule has 0 unspecified atom stereocenters. The van der Waals surface area contributed by atoms with Crippen LogP contribution >= 0.6 is 0 Å². The summed E-state index contributed by atoms with van der Waals surface area (Å²) < 4.78 is 0. The average molecular weight is 350 g/mol. The van der Waals surface area contributed by atoms with Gasteiger partial charge in [0, 0.05) is 31.1 Å². The summed E-state index contributed by atoms with van der Waals surface area (Å²) in [5.41, 5.74) is 4.05. The highest BCUT2D eigenvalue weighted by Crippen LogP contribution is 2.21. The predicted octanol–water partition coefficient (Wildman–Crippen LogP) is 3.47. The summed E-state index contributed by atoms with van der Waals surface area (Å²) in [5, 5.41) is 3.02. The van der Waals surface area contributed by atoms with E-state index in [4.69, 9.17) is 0 Å². The van der Waals surface area contributed by atoms with Crippen molar-refractivity contribution in [2.75, 3.05) is 13.1 Å². The third kappa shape index (κ3) is 4.13. The van der Waals surface area contributed by atoms with Gasteiger partial charge >= 0.3 is 0 Å². The third-order valence-corrected chi connectivity index (χ3v) is 5.30. The van der Waals surface area contributed by atoms with Gasteiger partial charge in [0.25, 0.3) is 5.91 Å². The van der Waals surface area contributed by atoms with Crippen LogP contribution in [-0.2, 0) is 11.3 Å². The Morgan fingerprint density at radius 2 is 1.69 bits per heavy atom. The van der Waals surface area contributed by atoms with E-state index in [2.05, 4.69) is 5.32 Å². The van der Waals surface area contributed by atoms with Gasteiger partial charge in [-0.25, -0.2) is 0 Å². The van der Waals surface area contributed by atoms with E-state index < -0.39 is 0 Å². The van der Waals surface area contributed by atoms with E-state index in [1.165, 1.54) is 0 Å². The maximum atomic E-state index is 12.8. The molecule has 1 aliphatic rings. The van der Waals surface area contributed by atoms with Crippen LogP contribution in [0.2, 0.25) is 0 Å². The molecule has 0 aromatic heterocycles. The number of likely N-dealkylation sites (tertiary alicyclic amines) is 1. The minimum atomic E-state index is -0.0126. The van der Waals surface area contributed by atoms with E-state index in [1.54, 1.807) is 0 Å². The normalized spacial score (nSPS) is 14.9. The monoisotopic (exact) mass is 350 g/mol. The topological polar surface area (TPSA) is 49.4 Å². The SMILES string of the molecule is Cc1cccc(C(=O)N2CCC(C(=O)NCc3ccccc3)CC2)c1C. The summed E-state index contributed by atoms with van der Waals surface area (Å²) in [4.78, 5) is 27.1. The van der Waals surface area contributed by atoms with Gasteiger partial charge in [0.1, 0.15) is 0 Å². The molecule has 1 fully saturated rings. The van der Waals surface area contributed by atoms with Crippen LogP contribution in [0.15, 0.2) is 48.5 Å². The predicted molar refractivity (Wildman–Crippen MR) is 103 cm³/mol. The van der Waals surface area contributed by atoms with Crippen molar-refractivity contribution in [1.82, 2.24) is 10.2 Å². The number of amides is 2. The molecule has 1 N–H and O–H groups in total. The van der Waals surface area contributed by atoms with Crippen LogP contribution in [0.3, 0.4) is 0 Å². The standard InChI is InChI=1S/C22H26N2O2/c1-16-7-6-10-20(17(16)2)22(26)24-13-11-19(12-14-24)21(25)23-15-18-8-4-3-5-9-18/h3-10,19H,11-15H2,1-2H3,(H,23,25). The maximum absolute atomic E-state index is 12.8. The van der Waals surface area contributed by atoms with Gasteiger partial charge < -0.3 is 10.2 Å². The summed E-state index contributed by atoms with van der Waals surface area (Å²) in [6.45, 7) is 5.84. The van der Waals surface area contributed by atoms with Crippen LogP contribution in [-0.4, -0.2) is 29.8 Å². The maximum Gasteiger partial charge on any atom is 0.254 e. The highest BCUT2D eigenvalue weighted by Gasteiger charge is 2.28. The Kier molecular flexibility index (Phi) is 5.71. The first-order valence-electron chi connectivity index (χ1n) is 9.23. The highest BCUT2D eigenvalue weighted by molar-refractivity contribution is 5.96. The van der Waals surface area contributed by atoms with E-state index >= 15 is 0 Å². The molecule has 2 amide bonds. The number of carbonyl (C=O) groups is 2. The number of nitrogens with zero attached hydrogens (tertiary/aromatic N) is 1. The molecule has 1 aliphatic heterocycles. The molecule has 1 saturated heterocycles. The first kappa shape index (κ1) is 18.2. The Morgan fingerprint density at radius 1 is 1.00 bits per heavy atom. The van der Waals surface area contributed by atoms with Crippen molar-refractivity contribution in [1.29, 1.82) is 0 Å². The summed E-state index contributed by atoms with van der Waals surface area (Å²) in [6.07, 6.45) is 1.44. The Labute approximate surface area is 155 Å². The van der Waals surface area contributed by atoms with Gasteiger partial charge in [0.15, 0.2) is 0 Å². The number of benzene rings is 2. The van der Waals surface area contributed by atoms with Crippen LogP contribution in [0, 0.1) is 19.8 Å². The Morgan fingerprint density at radius 3 is 2.38 bits per heavy atom. The fourth-order valence-corrected chi connectivity index (χ4v) is 3.43. The molecule has 26 heavy (non-hydrogen) atoms. The molecule has 0 radical (unpaired) electrons. The van der Waals surface area contributed by atoms with E-state index in [-0.39, 0.29) is 17.7 Å². The second-order valence-corrected chi connectivity index (χ2v) is 7.02. The van der Waals surface area contributed by atoms with Crippen LogP contribution < -0.4 is 5.32 Å². The number of rotatable bonds is 4. The van der Waals surface area contributed by atoms with Crippen LogP contribution in [0.4, 0.5) is 0 Å². The van der Waals surface area contributed by atoms with E-state index in [9.17, 15) is 9.59 Å². The van der Waals surface area contributed by atoms with Crippen molar-refractivity contribution in [2.45, 2.75) is 33.2 Å². The summed E-state index contributed by atoms with van der Waals surface area (Å²) in [6, 6.07) is 15.8. The zero-order valence-corrected chi connectivity index (χ0v) is 15.5. The molecule has 3 rings (SSSR count). The molecule has 0 saturated carbocycles. The minimum absolute atomic E-state index is 0.0126. The van der Waals surface area contributed by atoms with Gasteiger partial charge in [-0.1, -0.05) is 42.5 Å². The van der Waals surface area contributed by atoms with Crippen LogP contribution in [0.1, 0.15) is 39.9 Å². The molecule has 0 spiro atoms. The number of aryl methyl sites for hydroxylation is 1. The molecule has 136 valence electrons. The van der Waals surface area contributed by atoms with Crippen LogP contribution in [0.25, 0.3) is 0 Å². The first-order valence-corrected chi connectivity index (χ1v) is 9.23. The zero-order valence-electron chi connectivity index (χ0n) is 15.5. The van der Waals surface area contributed by atoms with E-state index in [0.717, 1.165) is 35.1 Å². The Bertz CT molecular complexity index is 778. The lowest BCUT2D eigenvalue weighted by Gasteiger charge is -2.32. The molecule has 2 aromatic carbocycles. The fourth-order valence-electron chi connectivity index (χ4n) is 3.43. The summed E-state index contributed by atoms with van der Waals surface area (Å²) >= 11 is 0. The third-order valence-electron chi connectivity index (χ3n) is 5.30. The first-order chi connectivity index (χ1) is 12.6. The minimum Gasteiger partial charge on any atom is -0.352 e. The van der Waals surface area contributed by atoms with Gasteiger partial charge in [-0.15, -0.1) is 0 Å².